The Labute approximate surface area is 229 Å². The predicted octanol–water partition coefficient (Wildman–Crippen LogP) is 9.09. The minimum absolute atomic E-state index is 0.01000. The Morgan fingerprint density at radius 3 is 1.68 bits per heavy atom. The molecule has 0 aliphatic heterocycles. The molecule has 0 fully saturated rings. The Bertz CT molecular complexity index is 547. The standard InChI is InChI=1S/C32H61NO4/c1-4-5-6-18-21-25-30(37-32(36)28-24-29-33(2)3)26-22-19-16-14-12-10-8-7-9-11-13-15-17-20-23-27-31(34)35/h7,9,30H,4-6,8,10-29H2,1-3H3,(H,34,35)/b9-7+. The molecule has 0 aliphatic carbocycles. The van der Waals surface area contributed by atoms with Gasteiger partial charge < -0.3 is 14.7 Å². The Morgan fingerprint density at radius 2 is 1.16 bits per heavy atom. The van der Waals surface area contributed by atoms with Crippen LogP contribution in [-0.2, 0) is 14.3 Å². The second-order valence-electron chi connectivity index (χ2n) is 11.1. The number of carbonyl (C=O) groups excluding carboxylic acids is 1. The highest BCUT2D eigenvalue weighted by molar-refractivity contribution is 5.69. The predicted molar refractivity (Wildman–Crippen MR) is 157 cm³/mol. The van der Waals surface area contributed by atoms with E-state index in [0.29, 0.717) is 12.8 Å². The quantitative estimate of drug-likeness (QED) is 0.0629. The van der Waals surface area contributed by atoms with Crippen molar-refractivity contribution < 1.29 is 19.4 Å². The van der Waals surface area contributed by atoms with Crippen LogP contribution in [0.2, 0.25) is 0 Å². The van der Waals surface area contributed by atoms with Gasteiger partial charge in [0, 0.05) is 12.8 Å². The molecule has 5 heteroatoms. The number of carbonyl (C=O) groups is 2. The van der Waals surface area contributed by atoms with E-state index in [1.54, 1.807) is 0 Å². The zero-order chi connectivity index (χ0) is 27.4. The molecule has 0 amide bonds. The molecule has 5 nitrogen and oxygen atoms in total. The van der Waals surface area contributed by atoms with Gasteiger partial charge in [-0.3, -0.25) is 9.59 Å². The van der Waals surface area contributed by atoms with Crippen LogP contribution in [0.3, 0.4) is 0 Å². The number of unbranched alkanes of at least 4 members (excludes halogenated alkanes) is 15. The van der Waals surface area contributed by atoms with Crippen molar-refractivity contribution in [2.45, 2.75) is 161 Å². The minimum atomic E-state index is -0.676. The molecule has 0 aliphatic rings. The number of esters is 1. The molecule has 0 heterocycles. The zero-order valence-corrected chi connectivity index (χ0v) is 24.8. The monoisotopic (exact) mass is 523 g/mol. The van der Waals surface area contributed by atoms with Crippen LogP contribution >= 0.6 is 0 Å². The fraction of sp³-hybridized carbons (Fsp3) is 0.875. The highest BCUT2D eigenvalue weighted by Crippen LogP contribution is 2.18. The first-order valence-corrected chi connectivity index (χ1v) is 15.7. The lowest BCUT2D eigenvalue weighted by atomic mass is 10.0. The summed E-state index contributed by atoms with van der Waals surface area (Å²) in [6.07, 6.45) is 30.2. The Kier molecular flexibility index (Phi) is 26.7. The highest BCUT2D eigenvalue weighted by Gasteiger charge is 2.14. The summed E-state index contributed by atoms with van der Waals surface area (Å²) in [5.41, 5.74) is 0. The van der Waals surface area contributed by atoms with Gasteiger partial charge in [-0.05, 0) is 84.8 Å². The number of carboxylic acids is 1. The summed E-state index contributed by atoms with van der Waals surface area (Å²) in [4.78, 5) is 24.9. The summed E-state index contributed by atoms with van der Waals surface area (Å²) in [5, 5.41) is 8.63. The van der Waals surface area contributed by atoms with Gasteiger partial charge in [0.05, 0.1) is 0 Å². The molecule has 1 atom stereocenters. The van der Waals surface area contributed by atoms with Gasteiger partial charge in [-0.15, -0.1) is 0 Å². The van der Waals surface area contributed by atoms with Gasteiger partial charge in [0.1, 0.15) is 6.10 Å². The van der Waals surface area contributed by atoms with Crippen molar-refractivity contribution in [1.29, 1.82) is 0 Å². The molecule has 0 aromatic carbocycles. The van der Waals surface area contributed by atoms with Crippen LogP contribution in [-0.4, -0.2) is 48.7 Å². The molecule has 0 saturated carbocycles. The van der Waals surface area contributed by atoms with E-state index in [9.17, 15) is 9.59 Å². The molecule has 0 aromatic heterocycles. The van der Waals surface area contributed by atoms with Gasteiger partial charge in [0.15, 0.2) is 0 Å². The van der Waals surface area contributed by atoms with Gasteiger partial charge in [-0.25, -0.2) is 0 Å². The molecule has 1 N–H and O–H groups in total. The summed E-state index contributed by atoms with van der Waals surface area (Å²) >= 11 is 0. The number of rotatable bonds is 28. The van der Waals surface area contributed by atoms with Crippen molar-refractivity contribution >= 4 is 11.9 Å². The molecular weight excluding hydrogens is 462 g/mol. The van der Waals surface area contributed by atoms with Crippen LogP contribution < -0.4 is 0 Å². The average molecular weight is 524 g/mol. The molecule has 218 valence electrons. The van der Waals surface area contributed by atoms with Crippen LogP contribution in [0.5, 0.6) is 0 Å². The van der Waals surface area contributed by atoms with Crippen LogP contribution in [0.1, 0.15) is 155 Å². The van der Waals surface area contributed by atoms with Crippen LogP contribution in [0, 0.1) is 0 Å². The van der Waals surface area contributed by atoms with E-state index in [0.717, 1.165) is 51.5 Å². The van der Waals surface area contributed by atoms with Crippen molar-refractivity contribution in [1.82, 2.24) is 4.90 Å². The summed E-state index contributed by atoms with van der Waals surface area (Å²) in [7, 11) is 4.08. The minimum Gasteiger partial charge on any atom is -0.481 e. The van der Waals surface area contributed by atoms with Crippen molar-refractivity contribution in [2.75, 3.05) is 20.6 Å². The normalized spacial score (nSPS) is 12.4. The molecule has 0 aromatic rings. The van der Waals surface area contributed by atoms with E-state index in [-0.39, 0.29) is 12.1 Å². The molecule has 37 heavy (non-hydrogen) atoms. The first-order valence-electron chi connectivity index (χ1n) is 15.7. The Morgan fingerprint density at radius 1 is 0.676 bits per heavy atom. The molecule has 0 rings (SSSR count). The van der Waals surface area contributed by atoms with Gasteiger partial charge in [0.2, 0.25) is 0 Å². The topological polar surface area (TPSA) is 66.8 Å². The zero-order valence-electron chi connectivity index (χ0n) is 24.8. The largest absolute Gasteiger partial charge is 0.481 e. The Balaban J connectivity index is 3.79. The van der Waals surface area contributed by atoms with E-state index in [4.69, 9.17) is 9.84 Å². The van der Waals surface area contributed by atoms with Crippen molar-refractivity contribution in [3.8, 4) is 0 Å². The van der Waals surface area contributed by atoms with Gasteiger partial charge in [-0.1, -0.05) is 89.7 Å². The van der Waals surface area contributed by atoms with Crippen molar-refractivity contribution in [3.05, 3.63) is 12.2 Å². The number of aliphatic carboxylic acids is 1. The van der Waals surface area contributed by atoms with Crippen LogP contribution in [0.15, 0.2) is 12.2 Å². The number of hydrogen-bond acceptors (Lipinski definition) is 4. The van der Waals surface area contributed by atoms with E-state index in [2.05, 4.69) is 24.0 Å². The van der Waals surface area contributed by atoms with Gasteiger partial charge in [-0.2, -0.15) is 0 Å². The summed E-state index contributed by atoms with van der Waals surface area (Å²) in [6, 6.07) is 0. The highest BCUT2D eigenvalue weighted by atomic mass is 16.5. The second kappa shape index (κ2) is 27.7. The lowest BCUT2D eigenvalue weighted by Gasteiger charge is -2.18. The van der Waals surface area contributed by atoms with E-state index >= 15 is 0 Å². The smallest absolute Gasteiger partial charge is 0.306 e. The number of ether oxygens (including phenoxy) is 1. The molecular formula is C32H61NO4. The fourth-order valence-electron chi connectivity index (χ4n) is 4.67. The van der Waals surface area contributed by atoms with Gasteiger partial charge >= 0.3 is 11.9 Å². The third kappa shape index (κ3) is 29.1. The maximum Gasteiger partial charge on any atom is 0.306 e. The maximum absolute atomic E-state index is 12.3. The first-order chi connectivity index (χ1) is 18.0. The number of hydrogen-bond donors (Lipinski definition) is 1. The van der Waals surface area contributed by atoms with E-state index in [1.807, 2.05) is 14.1 Å². The van der Waals surface area contributed by atoms with Gasteiger partial charge in [0.25, 0.3) is 0 Å². The molecule has 0 saturated heterocycles. The summed E-state index contributed by atoms with van der Waals surface area (Å²) in [6.45, 7) is 3.18. The molecule has 0 bridgehead atoms. The molecule has 1 unspecified atom stereocenters. The third-order valence-electron chi connectivity index (χ3n) is 6.99. The molecule has 0 spiro atoms. The number of nitrogens with zero attached hydrogens (tertiary/aromatic N) is 1. The lowest BCUT2D eigenvalue weighted by molar-refractivity contribution is -0.150. The van der Waals surface area contributed by atoms with E-state index in [1.165, 1.54) is 89.9 Å². The third-order valence-corrected chi connectivity index (χ3v) is 6.99. The summed E-state index contributed by atoms with van der Waals surface area (Å²) in [5.74, 6) is -0.686. The van der Waals surface area contributed by atoms with Crippen LogP contribution in [0.25, 0.3) is 0 Å². The maximum atomic E-state index is 12.3. The number of carboxylic acid groups (broad SMARTS) is 1. The average Bonchev–Trinajstić information content (AvgIpc) is 2.85. The number of allylic oxidation sites excluding steroid dienone is 2. The van der Waals surface area contributed by atoms with Crippen LogP contribution in [0.4, 0.5) is 0 Å². The lowest BCUT2D eigenvalue weighted by Crippen LogP contribution is -2.20. The van der Waals surface area contributed by atoms with E-state index < -0.39 is 5.97 Å². The summed E-state index contributed by atoms with van der Waals surface area (Å²) < 4.78 is 5.89. The Hall–Kier alpha value is -1.36. The van der Waals surface area contributed by atoms with Crippen molar-refractivity contribution in [3.63, 3.8) is 0 Å². The fourth-order valence-corrected chi connectivity index (χ4v) is 4.67. The van der Waals surface area contributed by atoms with Crippen molar-refractivity contribution in [2.24, 2.45) is 0 Å². The second-order valence-corrected chi connectivity index (χ2v) is 11.1. The first kappa shape index (κ1) is 35.6. The SMILES string of the molecule is CCCCCCCC(CCCCCCCC/C=C/CCCCCCCC(=O)O)OC(=O)CCCN(C)C. The molecule has 0 radical (unpaired) electrons.